The Kier molecular flexibility index (Phi) is 6.93. The van der Waals surface area contributed by atoms with Crippen molar-refractivity contribution < 1.29 is 0 Å². The maximum absolute atomic E-state index is 5.45. The second-order valence-electron chi connectivity index (χ2n) is 1.78. The van der Waals surface area contributed by atoms with Crippen molar-refractivity contribution in [1.82, 2.24) is 0 Å². The van der Waals surface area contributed by atoms with Crippen LogP contribution in [0, 0.1) is 6.42 Å². The maximum Gasteiger partial charge on any atom is 0.0226 e. The number of halogens is 2. The van der Waals surface area contributed by atoms with Gasteiger partial charge in [0.2, 0.25) is 0 Å². The van der Waals surface area contributed by atoms with Crippen LogP contribution in [-0.2, 0) is 0 Å². The van der Waals surface area contributed by atoms with Crippen LogP contribution in [0.15, 0.2) is 0 Å². The molecule has 0 amide bonds. The molecule has 2 heteroatoms. The van der Waals surface area contributed by atoms with Crippen LogP contribution in [0.3, 0.4) is 0 Å². The minimum atomic E-state index is 0.760. The molecule has 49 valence electrons. The van der Waals surface area contributed by atoms with Crippen LogP contribution in [0.4, 0.5) is 0 Å². The molecule has 1 radical (unpaired) electrons. The van der Waals surface area contributed by atoms with Crippen LogP contribution in [0.1, 0.15) is 19.8 Å². The highest BCUT2D eigenvalue weighted by Crippen LogP contribution is 2.07. The third-order valence-electron chi connectivity index (χ3n) is 0.805. The highest BCUT2D eigenvalue weighted by atomic mass is 127. The monoisotopic (exact) mass is 245 g/mol. The molecule has 0 N–H and O–H groups in total. The molecule has 0 aromatic rings. The van der Waals surface area contributed by atoms with Gasteiger partial charge in [-0.05, 0) is 19.3 Å². The number of hydrogen-bond donors (Lipinski definition) is 0. The van der Waals surface area contributed by atoms with Crippen molar-refractivity contribution in [1.29, 1.82) is 0 Å². The Morgan fingerprint density at radius 1 is 1.75 bits per heavy atom. The SMILES string of the molecule is C[C@H](I)C[CH]CCCl. The predicted molar refractivity (Wildman–Crippen MR) is 47.7 cm³/mol. The van der Waals surface area contributed by atoms with Crippen LogP contribution in [0.25, 0.3) is 0 Å². The Hall–Kier alpha value is 1.02. The highest BCUT2D eigenvalue weighted by molar-refractivity contribution is 14.1. The van der Waals surface area contributed by atoms with Gasteiger partial charge in [-0.1, -0.05) is 29.5 Å². The average molecular weight is 246 g/mol. The first-order valence-corrected chi connectivity index (χ1v) is 4.57. The van der Waals surface area contributed by atoms with Crippen molar-refractivity contribution in [3.8, 4) is 0 Å². The van der Waals surface area contributed by atoms with Crippen molar-refractivity contribution in [2.75, 3.05) is 5.88 Å². The Morgan fingerprint density at radius 2 is 2.38 bits per heavy atom. The van der Waals surface area contributed by atoms with E-state index in [1.807, 2.05) is 0 Å². The summed E-state index contributed by atoms with van der Waals surface area (Å²) in [5.41, 5.74) is 0. The fraction of sp³-hybridized carbons (Fsp3) is 0.833. The quantitative estimate of drug-likeness (QED) is 0.406. The Bertz CT molecular complexity index is 45.8. The summed E-state index contributed by atoms with van der Waals surface area (Å²) < 4.78 is 0.760. The zero-order valence-corrected chi connectivity index (χ0v) is 7.95. The Morgan fingerprint density at radius 3 is 2.75 bits per heavy atom. The lowest BCUT2D eigenvalue weighted by atomic mass is 10.2. The molecule has 0 aromatic heterocycles. The van der Waals surface area contributed by atoms with Gasteiger partial charge in [-0.25, -0.2) is 0 Å². The standard InChI is InChI=1S/C6H11ClI/c1-6(8)4-2-3-5-7/h2,6H,3-5H2,1H3/t6-/m0/s1. The molecule has 0 unspecified atom stereocenters. The summed E-state index contributed by atoms with van der Waals surface area (Å²) in [5.74, 6) is 0.767. The molecule has 0 heterocycles. The lowest BCUT2D eigenvalue weighted by molar-refractivity contribution is 0.893. The second kappa shape index (κ2) is 6.14. The Labute approximate surface area is 70.1 Å². The van der Waals surface area contributed by atoms with E-state index >= 15 is 0 Å². The van der Waals surface area contributed by atoms with Gasteiger partial charge in [-0.15, -0.1) is 11.6 Å². The number of hydrogen-bond acceptors (Lipinski definition) is 0. The van der Waals surface area contributed by atoms with E-state index in [0.717, 1.165) is 16.2 Å². The van der Waals surface area contributed by atoms with Crippen molar-refractivity contribution in [3.05, 3.63) is 6.42 Å². The zero-order valence-electron chi connectivity index (χ0n) is 5.03. The van der Waals surface area contributed by atoms with Crippen LogP contribution >= 0.6 is 34.2 Å². The van der Waals surface area contributed by atoms with E-state index in [1.54, 1.807) is 0 Å². The summed E-state index contributed by atoms with van der Waals surface area (Å²) in [4.78, 5) is 0. The van der Waals surface area contributed by atoms with Gasteiger partial charge >= 0.3 is 0 Å². The van der Waals surface area contributed by atoms with E-state index in [2.05, 4.69) is 35.9 Å². The molecule has 0 rings (SSSR count). The van der Waals surface area contributed by atoms with Gasteiger partial charge in [-0.2, -0.15) is 0 Å². The van der Waals surface area contributed by atoms with Crippen LogP contribution in [0.2, 0.25) is 0 Å². The molecule has 0 saturated heterocycles. The summed E-state index contributed by atoms with van der Waals surface area (Å²) in [6.07, 6.45) is 4.48. The molecule has 0 aromatic carbocycles. The van der Waals surface area contributed by atoms with Gasteiger partial charge in [0.05, 0.1) is 0 Å². The summed E-state index contributed by atoms with van der Waals surface area (Å²) >= 11 is 7.86. The first-order chi connectivity index (χ1) is 3.77. The molecule has 0 nitrogen and oxygen atoms in total. The zero-order chi connectivity index (χ0) is 6.41. The van der Waals surface area contributed by atoms with Gasteiger partial charge in [0, 0.05) is 9.80 Å². The average Bonchev–Trinajstić information content (AvgIpc) is 1.66. The van der Waals surface area contributed by atoms with E-state index in [0.29, 0.717) is 0 Å². The molecule has 0 fully saturated rings. The first-order valence-electron chi connectivity index (χ1n) is 2.79. The topological polar surface area (TPSA) is 0 Å². The molecule has 0 aliphatic heterocycles. The smallest absolute Gasteiger partial charge is 0.0226 e. The molecular formula is C6H11ClI. The van der Waals surface area contributed by atoms with Crippen LogP contribution < -0.4 is 0 Å². The van der Waals surface area contributed by atoms with Gasteiger partial charge in [-0.3, -0.25) is 0 Å². The largest absolute Gasteiger partial charge is 0.127 e. The van der Waals surface area contributed by atoms with Gasteiger partial charge in [0.25, 0.3) is 0 Å². The molecule has 0 bridgehead atoms. The molecule has 0 saturated carbocycles. The van der Waals surface area contributed by atoms with E-state index in [1.165, 1.54) is 6.42 Å². The lowest BCUT2D eigenvalue weighted by Gasteiger charge is -1.98. The third-order valence-corrected chi connectivity index (χ3v) is 1.53. The summed E-state index contributed by atoms with van der Waals surface area (Å²) in [5, 5.41) is 0. The van der Waals surface area contributed by atoms with E-state index in [-0.39, 0.29) is 0 Å². The summed E-state index contributed by atoms with van der Waals surface area (Å²) in [6, 6.07) is 0. The molecule has 0 spiro atoms. The predicted octanol–water partition coefficient (Wildman–Crippen LogP) is 3.03. The van der Waals surface area contributed by atoms with Crippen LogP contribution in [0.5, 0.6) is 0 Å². The summed E-state index contributed by atoms with van der Waals surface area (Å²) in [7, 11) is 0. The molecule has 0 aliphatic rings. The maximum atomic E-state index is 5.45. The minimum absolute atomic E-state index is 0.760. The third kappa shape index (κ3) is 7.02. The lowest BCUT2D eigenvalue weighted by Crippen LogP contribution is -1.89. The Balaban J connectivity index is 2.72. The van der Waals surface area contributed by atoms with Gasteiger partial charge < -0.3 is 0 Å². The van der Waals surface area contributed by atoms with E-state index in [9.17, 15) is 0 Å². The number of rotatable bonds is 4. The molecule has 8 heavy (non-hydrogen) atoms. The van der Waals surface area contributed by atoms with Crippen LogP contribution in [-0.4, -0.2) is 9.80 Å². The van der Waals surface area contributed by atoms with Gasteiger partial charge in [0.15, 0.2) is 0 Å². The van der Waals surface area contributed by atoms with E-state index < -0.39 is 0 Å². The van der Waals surface area contributed by atoms with Gasteiger partial charge in [0.1, 0.15) is 0 Å². The van der Waals surface area contributed by atoms with Crippen molar-refractivity contribution in [3.63, 3.8) is 0 Å². The molecular weight excluding hydrogens is 234 g/mol. The second-order valence-corrected chi connectivity index (χ2v) is 4.29. The molecule has 0 aliphatic carbocycles. The number of unbranched alkanes of at least 4 members (excludes halogenated alkanes) is 1. The minimum Gasteiger partial charge on any atom is -0.127 e. The molecule has 1 atom stereocenters. The van der Waals surface area contributed by atoms with Crippen molar-refractivity contribution in [2.24, 2.45) is 0 Å². The van der Waals surface area contributed by atoms with Crippen molar-refractivity contribution >= 4 is 34.2 Å². The summed E-state index contributed by atoms with van der Waals surface area (Å²) in [6.45, 7) is 2.20. The first kappa shape index (κ1) is 9.02. The van der Waals surface area contributed by atoms with Crippen molar-refractivity contribution in [2.45, 2.75) is 23.7 Å². The normalized spacial score (nSPS) is 13.9. The number of alkyl halides is 2. The fourth-order valence-corrected chi connectivity index (χ4v) is 0.939. The van der Waals surface area contributed by atoms with E-state index in [4.69, 9.17) is 11.6 Å². The fourth-order valence-electron chi connectivity index (χ4n) is 0.425. The highest BCUT2D eigenvalue weighted by Gasteiger charge is 1.93.